The Bertz CT molecular complexity index is 1780. The fraction of sp³-hybridized carbons (Fsp3) is 0.0741. The molecule has 39 heavy (non-hydrogen) atoms. The molecular weight excluding hydrogens is 536 g/mol. The first-order valence-corrected chi connectivity index (χ1v) is 12.8. The van der Waals surface area contributed by atoms with Crippen LogP contribution < -0.4 is 14.3 Å². The highest BCUT2D eigenvalue weighted by Gasteiger charge is 2.30. The second kappa shape index (κ2) is 9.95. The maximum atomic E-state index is 15.3. The van der Waals surface area contributed by atoms with Crippen molar-refractivity contribution in [2.45, 2.75) is 18.0 Å². The third-order valence-corrected chi connectivity index (χ3v) is 7.08. The third kappa shape index (κ3) is 5.36. The highest BCUT2D eigenvalue weighted by molar-refractivity contribution is 7.86. The normalized spacial score (nSPS) is 11.9. The van der Waals surface area contributed by atoms with E-state index in [0.717, 1.165) is 16.9 Å². The quantitative estimate of drug-likeness (QED) is 0.217. The van der Waals surface area contributed by atoms with Crippen LogP contribution in [0.1, 0.15) is 11.1 Å². The van der Waals surface area contributed by atoms with Gasteiger partial charge in [0.05, 0.1) is 16.6 Å². The molecule has 0 bridgehead atoms. The van der Waals surface area contributed by atoms with E-state index in [0.29, 0.717) is 16.6 Å². The second-order valence-electron chi connectivity index (χ2n) is 8.46. The number of rotatable bonds is 6. The number of alkyl halides is 3. The zero-order valence-electron chi connectivity index (χ0n) is 20.1. The van der Waals surface area contributed by atoms with Crippen molar-refractivity contribution in [3.05, 3.63) is 108 Å². The van der Waals surface area contributed by atoms with Crippen LogP contribution in [0, 0.1) is 12.7 Å². The van der Waals surface area contributed by atoms with Crippen molar-refractivity contribution in [2.75, 3.05) is 5.32 Å². The van der Waals surface area contributed by atoms with Gasteiger partial charge >= 0.3 is 16.3 Å². The van der Waals surface area contributed by atoms with Crippen molar-refractivity contribution in [1.29, 1.82) is 0 Å². The van der Waals surface area contributed by atoms with Crippen LogP contribution in [-0.2, 0) is 16.3 Å². The van der Waals surface area contributed by atoms with Crippen LogP contribution in [0.5, 0.6) is 0 Å². The fourth-order valence-electron chi connectivity index (χ4n) is 3.92. The molecule has 1 N–H and O–H groups in total. The van der Waals surface area contributed by atoms with Crippen molar-refractivity contribution in [3.63, 3.8) is 0 Å². The number of nitrogens with one attached hydrogen (secondary N) is 1. The van der Waals surface area contributed by atoms with Gasteiger partial charge in [0.2, 0.25) is 6.20 Å². The van der Waals surface area contributed by atoms with Gasteiger partial charge in [-0.15, -0.1) is 4.28 Å². The molecule has 0 fully saturated rings. The predicted octanol–water partition coefficient (Wildman–Crippen LogP) is 5.61. The number of halogens is 4. The Kier molecular flexibility index (Phi) is 6.64. The van der Waals surface area contributed by atoms with E-state index < -0.39 is 27.7 Å². The summed E-state index contributed by atoms with van der Waals surface area (Å²) in [6, 6.07) is 17.7. The van der Waals surface area contributed by atoms with Gasteiger partial charge in [0.25, 0.3) is 5.52 Å². The van der Waals surface area contributed by atoms with Gasteiger partial charge in [-0.1, -0.05) is 18.2 Å². The molecular formula is C27H19F4N4O3S+. The minimum atomic E-state index is -4.47. The molecule has 7 nitrogen and oxygen atoms in total. The highest BCUT2D eigenvalue weighted by atomic mass is 32.2. The second-order valence-corrected chi connectivity index (χ2v) is 9.99. The van der Waals surface area contributed by atoms with Gasteiger partial charge in [-0.2, -0.15) is 21.6 Å². The number of benzene rings is 3. The molecule has 0 aliphatic heterocycles. The van der Waals surface area contributed by atoms with Crippen LogP contribution in [0.3, 0.4) is 0 Å². The number of aromatic nitrogens is 3. The molecule has 2 aromatic heterocycles. The van der Waals surface area contributed by atoms with Gasteiger partial charge < -0.3 is 5.32 Å². The number of hydrogen-bond donors (Lipinski definition) is 1. The molecule has 0 atom stereocenters. The molecule has 0 amide bonds. The van der Waals surface area contributed by atoms with Gasteiger partial charge in [-0.05, 0) is 55.5 Å². The van der Waals surface area contributed by atoms with E-state index in [4.69, 9.17) is 4.28 Å². The molecule has 0 radical (unpaired) electrons. The minimum absolute atomic E-state index is 0.0403. The van der Waals surface area contributed by atoms with Crippen LogP contribution >= 0.6 is 0 Å². The SMILES string of the molecule is Cc1c(Nc2ccc(C(F)(F)F)cc2)ncnc1-c1cc2c(ccc[n+]2OS(=O)(=O)c2ccccc2)cc1F. The molecule has 2 heterocycles. The van der Waals surface area contributed by atoms with Gasteiger partial charge in [0.1, 0.15) is 22.9 Å². The maximum absolute atomic E-state index is 15.3. The Morgan fingerprint density at radius 3 is 2.33 bits per heavy atom. The first-order chi connectivity index (χ1) is 18.5. The van der Waals surface area contributed by atoms with Crippen LogP contribution in [0.2, 0.25) is 0 Å². The van der Waals surface area contributed by atoms with Crippen LogP contribution in [0.4, 0.5) is 29.1 Å². The summed E-state index contributed by atoms with van der Waals surface area (Å²) in [6.45, 7) is 1.63. The molecule has 5 aromatic rings. The molecule has 0 saturated carbocycles. The lowest BCUT2D eigenvalue weighted by molar-refractivity contribution is -0.835. The van der Waals surface area contributed by atoms with Crippen molar-refractivity contribution < 1.29 is 35.0 Å². The average Bonchev–Trinajstić information content (AvgIpc) is 2.90. The Morgan fingerprint density at radius 1 is 0.923 bits per heavy atom. The summed E-state index contributed by atoms with van der Waals surface area (Å²) in [5.41, 5.74) is 0.446. The Labute approximate surface area is 220 Å². The first kappa shape index (κ1) is 26.0. The number of pyridine rings is 1. The number of anilines is 2. The summed E-state index contributed by atoms with van der Waals surface area (Å²) >= 11 is 0. The fourth-order valence-corrected chi connectivity index (χ4v) is 4.83. The van der Waals surface area contributed by atoms with Gasteiger partial charge in [-0.25, -0.2) is 14.4 Å². The van der Waals surface area contributed by atoms with Crippen molar-refractivity contribution in [1.82, 2.24) is 9.97 Å². The van der Waals surface area contributed by atoms with Crippen molar-refractivity contribution in [2.24, 2.45) is 0 Å². The van der Waals surface area contributed by atoms with E-state index >= 15 is 4.39 Å². The third-order valence-electron chi connectivity index (χ3n) is 5.88. The monoisotopic (exact) mass is 555 g/mol. The summed E-state index contributed by atoms with van der Waals surface area (Å²) in [7, 11) is -4.19. The molecule has 12 heteroatoms. The summed E-state index contributed by atoms with van der Waals surface area (Å²) in [4.78, 5) is 8.30. The standard InChI is InChI=1S/C27H19F4N4O3S/c1-17-25(32-16-33-26(17)34-20-11-9-19(10-12-20)27(29,30)31)22-15-24-18(14-23(22)28)6-5-13-35(24)38-39(36,37)21-7-3-2-4-8-21/h2-16H,1H3,(H,32,33,34)/q+1. The van der Waals surface area contributed by atoms with E-state index in [-0.39, 0.29) is 27.5 Å². The van der Waals surface area contributed by atoms with Crippen molar-refractivity contribution >= 4 is 32.5 Å². The van der Waals surface area contributed by atoms with Crippen LogP contribution in [-0.4, -0.2) is 18.4 Å². The van der Waals surface area contributed by atoms with Crippen LogP contribution in [0.25, 0.3) is 22.2 Å². The van der Waals surface area contributed by atoms with Crippen molar-refractivity contribution in [3.8, 4) is 11.3 Å². The highest BCUT2D eigenvalue weighted by Crippen LogP contribution is 2.33. The largest absolute Gasteiger partial charge is 0.416 e. The van der Waals surface area contributed by atoms with E-state index in [1.165, 1.54) is 55.0 Å². The van der Waals surface area contributed by atoms with E-state index in [2.05, 4.69) is 15.3 Å². The minimum Gasteiger partial charge on any atom is -0.340 e. The number of hydrogen-bond acceptors (Lipinski definition) is 6. The molecule has 5 rings (SSSR count). The first-order valence-electron chi connectivity index (χ1n) is 11.4. The summed E-state index contributed by atoms with van der Waals surface area (Å²) in [5.74, 6) is -0.378. The van der Waals surface area contributed by atoms with Gasteiger partial charge in [-0.3, -0.25) is 0 Å². The zero-order valence-corrected chi connectivity index (χ0v) is 21.0. The Morgan fingerprint density at radius 2 is 1.64 bits per heavy atom. The lowest BCUT2D eigenvalue weighted by Crippen LogP contribution is -2.46. The number of nitrogens with zero attached hydrogens (tertiary/aromatic N) is 3. The Balaban J connectivity index is 1.53. The molecule has 0 saturated heterocycles. The number of fused-ring (bicyclic) bond motifs is 1. The molecule has 0 spiro atoms. The molecule has 0 unspecified atom stereocenters. The summed E-state index contributed by atoms with van der Waals surface area (Å²) in [5, 5.41) is 3.30. The summed E-state index contributed by atoms with van der Waals surface area (Å²) < 4.78 is 85.9. The van der Waals surface area contributed by atoms with E-state index in [1.54, 1.807) is 31.2 Å². The zero-order chi connectivity index (χ0) is 27.8. The molecule has 198 valence electrons. The van der Waals surface area contributed by atoms with E-state index in [9.17, 15) is 21.6 Å². The van der Waals surface area contributed by atoms with Crippen LogP contribution in [0.15, 0.2) is 96.3 Å². The van der Waals surface area contributed by atoms with Gasteiger partial charge in [0.15, 0.2) is 0 Å². The molecule has 3 aromatic carbocycles. The topological polar surface area (TPSA) is 85.1 Å². The smallest absolute Gasteiger partial charge is 0.340 e. The molecule has 0 aliphatic rings. The maximum Gasteiger partial charge on any atom is 0.416 e. The predicted molar refractivity (Wildman–Crippen MR) is 135 cm³/mol. The average molecular weight is 556 g/mol. The molecule has 0 aliphatic carbocycles. The lowest BCUT2D eigenvalue weighted by atomic mass is 10.0. The lowest BCUT2D eigenvalue weighted by Gasteiger charge is -2.13. The summed E-state index contributed by atoms with van der Waals surface area (Å²) in [6.07, 6.45) is -1.89. The van der Waals surface area contributed by atoms with Gasteiger partial charge in [0, 0.05) is 33.7 Å². The Hall–Kier alpha value is -4.58. The van der Waals surface area contributed by atoms with E-state index in [1.807, 2.05) is 0 Å².